The third-order valence-electron chi connectivity index (χ3n) is 3.05. The molecule has 1 aliphatic carbocycles. The van der Waals surface area contributed by atoms with E-state index in [0.29, 0.717) is 0 Å². The Bertz CT molecular complexity index is 470. The maximum Gasteiger partial charge on any atom is 0.0317 e. The third kappa shape index (κ3) is 2.02. The fourth-order valence-corrected chi connectivity index (χ4v) is 2.20. The van der Waals surface area contributed by atoms with Crippen LogP contribution in [0.1, 0.15) is 24.5 Å². The van der Waals surface area contributed by atoms with Crippen molar-refractivity contribution in [2.75, 3.05) is 5.73 Å². The summed E-state index contributed by atoms with van der Waals surface area (Å²) in [5, 5.41) is 0. The van der Waals surface area contributed by atoms with Crippen LogP contribution in [-0.2, 0) is 0 Å². The fraction of sp³-hybridized carbons (Fsp3) is 0.286. The number of aryl methyl sites for hydroxylation is 1. The molecule has 1 aromatic rings. The quantitative estimate of drug-likeness (QED) is 0.706. The standard InChI is InChI=1S/C14H18N2/c1-9-7-11(15)3-5-13(9)14-6-4-12(16)8-10(14)2/h3-7,12H,8,15-16H2,1-2H3. The smallest absolute Gasteiger partial charge is 0.0317 e. The molecular weight excluding hydrogens is 196 g/mol. The molecule has 16 heavy (non-hydrogen) atoms. The van der Waals surface area contributed by atoms with Crippen molar-refractivity contribution in [1.82, 2.24) is 0 Å². The minimum Gasteiger partial charge on any atom is -0.399 e. The van der Waals surface area contributed by atoms with Crippen LogP contribution in [0, 0.1) is 6.92 Å². The lowest BCUT2D eigenvalue weighted by Gasteiger charge is -2.19. The summed E-state index contributed by atoms with van der Waals surface area (Å²) in [5.41, 5.74) is 17.6. The summed E-state index contributed by atoms with van der Waals surface area (Å²) in [5.74, 6) is 0. The van der Waals surface area contributed by atoms with E-state index in [1.54, 1.807) is 0 Å². The van der Waals surface area contributed by atoms with Crippen LogP contribution in [0.5, 0.6) is 0 Å². The van der Waals surface area contributed by atoms with E-state index in [9.17, 15) is 0 Å². The molecule has 0 aromatic heterocycles. The highest BCUT2D eigenvalue weighted by molar-refractivity contribution is 5.80. The highest BCUT2D eigenvalue weighted by atomic mass is 14.6. The van der Waals surface area contributed by atoms with E-state index in [4.69, 9.17) is 11.5 Å². The van der Waals surface area contributed by atoms with Gasteiger partial charge in [0, 0.05) is 11.7 Å². The predicted molar refractivity (Wildman–Crippen MR) is 69.9 cm³/mol. The van der Waals surface area contributed by atoms with Gasteiger partial charge in [-0.1, -0.05) is 23.8 Å². The summed E-state index contributed by atoms with van der Waals surface area (Å²) >= 11 is 0. The Balaban J connectivity index is 2.45. The van der Waals surface area contributed by atoms with Gasteiger partial charge in [0.25, 0.3) is 0 Å². The van der Waals surface area contributed by atoms with Crippen LogP contribution >= 0.6 is 0 Å². The number of nitrogen functional groups attached to an aromatic ring is 1. The van der Waals surface area contributed by atoms with E-state index in [1.807, 2.05) is 12.1 Å². The molecular formula is C14H18N2. The van der Waals surface area contributed by atoms with Crippen LogP contribution in [-0.4, -0.2) is 6.04 Å². The van der Waals surface area contributed by atoms with Crippen molar-refractivity contribution in [2.24, 2.45) is 5.73 Å². The maximum absolute atomic E-state index is 5.89. The van der Waals surface area contributed by atoms with Crippen molar-refractivity contribution < 1.29 is 0 Å². The zero-order chi connectivity index (χ0) is 11.7. The van der Waals surface area contributed by atoms with Crippen LogP contribution in [0.3, 0.4) is 0 Å². The molecule has 0 amide bonds. The number of benzene rings is 1. The van der Waals surface area contributed by atoms with Crippen LogP contribution in [0.4, 0.5) is 5.69 Å². The summed E-state index contributed by atoms with van der Waals surface area (Å²) in [4.78, 5) is 0. The van der Waals surface area contributed by atoms with Crippen molar-refractivity contribution in [2.45, 2.75) is 26.3 Å². The van der Waals surface area contributed by atoms with Crippen molar-refractivity contribution in [1.29, 1.82) is 0 Å². The Hall–Kier alpha value is -1.54. The lowest BCUT2D eigenvalue weighted by atomic mass is 9.89. The molecule has 84 valence electrons. The van der Waals surface area contributed by atoms with Gasteiger partial charge in [0.05, 0.1) is 0 Å². The second kappa shape index (κ2) is 4.14. The van der Waals surface area contributed by atoms with Gasteiger partial charge in [-0.3, -0.25) is 0 Å². The molecule has 1 aromatic carbocycles. The molecule has 1 aliphatic rings. The summed E-state index contributed by atoms with van der Waals surface area (Å²) in [7, 11) is 0. The zero-order valence-corrected chi connectivity index (χ0v) is 9.83. The van der Waals surface area contributed by atoms with E-state index in [2.05, 4.69) is 32.1 Å². The summed E-state index contributed by atoms with van der Waals surface area (Å²) in [6, 6.07) is 6.21. The number of rotatable bonds is 1. The maximum atomic E-state index is 5.89. The SMILES string of the molecule is CC1=C(c2ccc(N)cc2C)C=CC(N)C1. The van der Waals surface area contributed by atoms with E-state index in [1.165, 1.54) is 22.3 Å². The molecule has 0 spiro atoms. The van der Waals surface area contributed by atoms with Gasteiger partial charge in [-0.25, -0.2) is 0 Å². The second-order valence-corrected chi connectivity index (χ2v) is 4.50. The average Bonchev–Trinajstić information content (AvgIpc) is 2.19. The van der Waals surface area contributed by atoms with Gasteiger partial charge in [-0.2, -0.15) is 0 Å². The number of nitrogens with two attached hydrogens (primary N) is 2. The molecule has 0 heterocycles. The van der Waals surface area contributed by atoms with Gasteiger partial charge in [0.2, 0.25) is 0 Å². The Morgan fingerprint density at radius 2 is 2.00 bits per heavy atom. The molecule has 2 rings (SSSR count). The molecule has 0 saturated heterocycles. The highest BCUT2D eigenvalue weighted by Crippen LogP contribution is 2.29. The van der Waals surface area contributed by atoms with Gasteiger partial charge in [-0.15, -0.1) is 0 Å². The van der Waals surface area contributed by atoms with Gasteiger partial charge >= 0.3 is 0 Å². The molecule has 0 bridgehead atoms. The van der Waals surface area contributed by atoms with Gasteiger partial charge in [0.15, 0.2) is 0 Å². The lowest BCUT2D eigenvalue weighted by Crippen LogP contribution is -2.19. The van der Waals surface area contributed by atoms with Crippen LogP contribution in [0.2, 0.25) is 0 Å². The third-order valence-corrected chi connectivity index (χ3v) is 3.05. The number of hydrogen-bond acceptors (Lipinski definition) is 2. The van der Waals surface area contributed by atoms with E-state index in [-0.39, 0.29) is 6.04 Å². The van der Waals surface area contributed by atoms with E-state index < -0.39 is 0 Å². The lowest BCUT2D eigenvalue weighted by molar-refractivity contribution is 0.794. The first kappa shape index (κ1) is 11.0. The Morgan fingerprint density at radius 3 is 2.62 bits per heavy atom. The Morgan fingerprint density at radius 1 is 1.25 bits per heavy atom. The first-order valence-corrected chi connectivity index (χ1v) is 5.58. The fourth-order valence-electron chi connectivity index (χ4n) is 2.20. The van der Waals surface area contributed by atoms with E-state index in [0.717, 1.165) is 12.1 Å². The second-order valence-electron chi connectivity index (χ2n) is 4.50. The zero-order valence-electron chi connectivity index (χ0n) is 9.83. The van der Waals surface area contributed by atoms with E-state index >= 15 is 0 Å². The molecule has 2 heteroatoms. The number of allylic oxidation sites excluding steroid dienone is 2. The topological polar surface area (TPSA) is 52.0 Å². The average molecular weight is 214 g/mol. The number of anilines is 1. The minimum atomic E-state index is 0.165. The first-order valence-electron chi connectivity index (χ1n) is 5.58. The Kier molecular flexibility index (Phi) is 2.84. The summed E-state index contributed by atoms with van der Waals surface area (Å²) < 4.78 is 0. The van der Waals surface area contributed by atoms with Gasteiger partial charge < -0.3 is 11.5 Å². The highest BCUT2D eigenvalue weighted by Gasteiger charge is 2.12. The normalized spacial score (nSPS) is 20.3. The van der Waals surface area contributed by atoms with Gasteiger partial charge in [0.1, 0.15) is 0 Å². The Labute approximate surface area is 96.6 Å². The van der Waals surface area contributed by atoms with Crippen LogP contribution in [0.25, 0.3) is 5.57 Å². The molecule has 1 atom stereocenters. The molecule has 2 nitrogen and oxygen atoms in total. The largest absolute Gasteiger partial charge is 0.399 e. The summed E-state index contributed by atoms with van der Waals surface area (Å²) in [6.45, 7) is 4.24. The molecule has 4 N–H and O–H groups in total. The van der Waals surface area contributed by atoms with Crippen LogP contribution in [0.15, 0.2) is 35.9 Å². The van der Waals surface area contributed by atoms with Crippen molar-refractivity contribution in [3.63, 3.8) is 0 Å². The monoisotopic (exact) mass is 214 g/mol. The molecule has 0 aliphatic heterocycles. The van der Waals surface area contributed by atoms with Crippen molar-refractivity contribution in [3.05, 3.63) is 47.1 Å². The summed E-state index contributed by atoms with van der Waals surface area (Å²) in [6.07, 6.45) is 5.13. The van der Waals surface area contributed by atoms with Gasteiger partial charge in [-0.05, 0) is 49.1 Å². The predicted octanol–water partition coefficient (Wildman–Crippen LogP) is 2.64. The molecule has 0 saturated carbocycles. The first-order chi connectivity index (χ1) is 7.58. The molecule has 1 unspecified atom stereocenters. The van der Waals surface area contributed by atoms with Crippen molar-refractivity contribution in [3.8, 4) is 0 Å². The van der Waals surface area contributed by atoms with Crippen molar-refractivity contribution >= 4 is 11.3 Å². The number of hydrogen-bond donors (Lipinski definition) is 2. The molecule has 0 fully saturated rings. The van der Waals surface area contributed by atoms with Crippen LogP contribution < -0.4 is 11.5 Å². The molecule has 0 radical (unpaired) electrons. The minimum absolute atomic E-state index is 0.165.